The monoisotopic (exact) mass is 400 g/mol. The Morgan fingerprint density at radius 1 is 1.04 bits per heavy atom. The van der Waals surface area contributed by atoms with E-state index >= 15 is 0 Å². The van der Waals surface area contributed by atoms with Gasteiger partial charge in [0.1, 0.15) is 0 Å². The van der Waals surface area contributed by atoms with Crippen LogP contribution in [0.1, 0.15) is 29.6 Å². The van der Waals surface area contributed by atoms with Crippen molar-refractivity contribution in [1.29, 1.82) is 0 Å². The predicted octanol–water partition coefficient (Wildman–Crippen LogP) is 3.74. The Hall–Kier alpha value is -2.73. The molecule has 0 aromatic heterocycles. The second-order valence-electron chi connectivity index (χ2n) is 6.77. The number of nitrogens with one attached hydrogen (secondary N) is 3. The number of anilines is 3. The minimum atomic E-state index is -0.210. The summed E-state index contributed by atoms with van der Waals surface area (Å²) in [6.07, 6.45) is 3.76. The first-order valence-electron chi connectivity index (χ1n) is 9.47. The van der Waals surface area contributed by atoms with E-state index in [1.54, 1.807) is 25.2 Å². The van der Waals surface area contributed by atoms with E-state index in [4.69, 9.17) is 11.6 Å². The zero-order valence-corrected chi connectivity index (χ0v) is 16.7. The third kappa shape index (κ3) is 5.16. The van der Waals surface area contributed by atoms with Gasteiger partial charge in [-0.05, 0) is 61.7 Å². The fraction of sp³-hybridized carbons (Fsp3) is 0.333. The number of piperidine rings is 1. The van der Waals surface area contributed by atoms with Gasteiger partial charge in [0.25, 0.3) is 5.91 Å². The Morgan fingerprint density at radius 3 is 2.43 bits per heavy atom. The largest absolute Gasteiger partial charge is 0.375 e. The molecule has 6 nitrogen and oxygen atoms in total. The third-order valence-electron chi connectivity index (χ3n) is 4.77. The van der Waals surface area contributed by atoms with Crippen molar-refractivity contribution >= 4 is 40.5 Å². The van der Waals surface area contributed by atoms with E-state index in [-0.39, 0.29) is 18.4 Å². The Morgan fingerprint density at radius 2 is 1.75 bits per heavy atom. The van der Waals surface area contributed by atoms with Crippen LogP contribution < -0.4 is 20.9 Å². The van der Waals surface area contributed by atoms with Crippen molar-refractivity contribution < 1.29 is 9.59 Å². The standard InChI is InChI=1S/C21H25ClN4O2/c1-23-21(28)15-5-10-18(22)19(13-15)24-14-20(27)25-16-6-8-17(9-7-16)26-11-3-2-4-12-26/h5-10,13,24H,2-4,11-12,14H2,1H3,(H,23,28)(H,25,27). The molecule has 1 heterocycles. The molecule has 1 aliphatic rings. The maximum atomic E-state index is 12.3. The molecule has 1 fully saturated rings. The number of amides is 2. The van der Waals surface area contributed by atoms with Crippen LogP contribution >= 0.6 is 11.6 Å². The number of nitrogens with zero attached hydrogens (tertiary/aromatic N) is 1. The number of benzene rings is 2. The van der Waals surface area contributed by atoms with E-state index in [1.807, 2.05) is 24.3 Å². The molecule has 0 unspecified atom stereocenters. The Labute approximate surface area is 170 Å². The molecule has 28 heavy (non-hydrogen) atoms. The summed E-state index contributed by atoms with van der Waals surface area (Å²) in [4.78, 5) is 26.4. The summed E-state index contributed by atoms with van der Waals surface area (Å²) in [5, 5.41) is 8.86. The van der Waals surface area contributed by atoms with Gasteiger partial charge in [-0.3, -0.25) is 9.59 Å². The smallest absolute Gasteiger partial charge is 0.251 e. The molecule has 3 N–H and O–H groups in total. The first-order valence-corrected chi connectivity index (χ1v) is 9.85. The zero-order chi connectivity index (χ0) is 19.9. The molecule has 3 rings (SSSR count). The summed E-state index contributed by atoms with van der Waals surface area (Å²) < 4.78 is 0. The second kappa shape index (κ2) is 9.46. The van der Waals surface area contributed by atoms with Crippen LogP contribution in [0.5, 0.6) is 0 Å². The highest BCUT2D eigenvalue weighted by atomic mass is 35.5. The summed E-state index contributed by atoms with van der Waals surface area (Å²) in [7, 11) is 1.56. The molecule has 0 radical (unpaired) electrons. The van der Waals surface area contributed by atoms with Crippen molar-refractivity contribution in [2.75, 3.05) is 42.2 Å². The van der Waals surface area contributed by atoms with Crippen LogP contribution in [-0.2, 0) is 4.79 Å². The van der Waals surface area contributed by atoms with E-state index in [1.165, 1.54) is 24.9 Å². The quantitative estimate of drug-likeness (QED) is 0.690. The average molecular weight is 401 g/mol. The summed E-state index contributed by atoms with van der Waals surface area (Å²) >= 11 is 6.15. The van der Waals surface area contributed by atoms with Crippen LogP contribution in [0.4, 0.5) is 17.1 Å². The molecule has 2 aromatic carbocycles. The summed E-state index contributed by atoms with van der Waals surface area (Å²) in [6.45, 7) is 2.22. The van der Waals surface area contributed by atoms with Crippen LogP contribution in [-0.4, -0.2) is 38.5 Å². The first kappa shape index (κ1) is 20.0. The van der Waals surface area contributed by atoms with Gasteiger partial charge in [-0.1, -0.05) is 11.6 Å². The number of halogens is 1. The molecule has 0 saturated carbocycles. The van der Waals surface area contributed by atoms with E-state index in [0.717, 1.165) is 18.8 Å². The van der Waals surface area contributed by atoms with Gasteiger partial charge in [0.2, 0.25) is 5.91 Å². The minimum absolute atomic E-state index is 0.0464. The second-order valence-corrected chi connectivity index (χ2v) is 7.18. The third-order valence-corrected chi connectivity index (χ3v) is 5.10. The molecule has 0 aliphatic carbocycles. The van der Waals surface area contributed by atoms with Crippen LogP contribution in [0, 0.1) is 0 Å². The van der Waals surface area contributed by atoms with Crippen LogP contribution in [0.2, 0.25) is 5.02 Å². The average Bonchev–Trinajstić information content (AvgIpc) is 2.73. The highest BCUT2D eigenvalue weighted by Gasteiger charge is 2.12. The Bertz CT molecular complexity index is 833. The number of hydrogen-bond donors (Lipinski definition) is 3. The lowest BCUT2D eigenvalue weighted by Gasteiger charge is -2.28. The van der Waals surface area contributed by atoms with E-state index in [9.17, 15) is 9.59 Å². The zero-order valence-electron chi connectivity index (χ0n) is 15.9. The van der Waals surface area contributed by atoms with Crippen LogP contribution in [0.3, 0.4) is 0 Å². The Kier molecular flexibility index (Phi) is 6.76. The first-order chi connectivity index (χ1) is 13.6. The van der Waals surface area contributed by atoms with Gasteiger partial charge >= 0.3 is 0 Å². The van der Waals surface area contributed by atoms with Crippen molar-refractivity contribution in [3.05, 3.63) is 53.1 Å². The fourth-order valence-corrected chi connectivity index (χ4v) is 3.42. The summed E-state index contributed by atoms with van der Waals surface area (Å²) in [5.74, 6) is -0.398. The predicted molar refractivity (Wildman–Crippen MR) is 114 cm³/mol. The highest BCUT2D eigenvalue weighted by Crippen LogP contribution is 2.24. The lowest BCUT2D eigenvalue weighted by molar-refractivity contribution is -0.114. The van der Waals surface area contributed by atoms with E-state index in [2.05, 4.69) is 20.9 Å². The molecule has 2 aromatic rings. The molecule has 0 bridgehead atoms. The minimum Gasteiger partial charge on any atom is -0.375 e. The van der Waals surface area contributed by atoms with Crippen molar-refractivity contribution in [3.8, 4) is 0 Å². The topological polar surface area (TPSA) is 73.5 Å². The molecule has 2 amide bonds. The van der Waals surface area contributed by atoms with Crippen LogP contribution in [0.15, 0.2) is 42.5 Å². The number of carbonyl (C=O) groups is 2. The van der Waals surface area contributed by atoms with Gasteiger partial charge in [0.15, 0.2) is 0 Å². The number of rotatable bonds is 6. The Balaban J connectivity index is 1.55. The molecule has 148 valence electrons. The lowest BCUT2D eigenvalue weighted by atomic mass is 10.1. The lowest BCUT2D eigenvalue weighted by Crippen LogP contribution is -2.29. The highest BCUT2D eigenvalue weighted by molar-refractivity contribution is 6.33. The fourth-order valence-electron chi connectivity index (χ4n) is 3.23. The summed E-state index contributed by atoms with van der Waals surface area (Å²) in [6, 6.07) is 12.8. The molecular weight excluding hydrogens is 376 g/mol. The molecule has 1 aliphatic heterocycles. The number of carbonyl (C=O) groups excluding carboxylic acids is 2. The number of hydrogen-bond acceptors (Lipinski definition) is 4. The van der Waals surface area contributed by atoms with Gasteiger partial charge < -0.3 is 20.9 Å². The van der Waals surface area contributed by atoms with Crippen molar-refractivity contribution in [3.63, 3.8) is 0 Å². The molecule has 0 spiro atoms. The summed E-state index contributed by atoms with van der Waals surface area (Å²) in [5.41, 5.74) is 2.95. The van der Waals surface area contributed by atoms with Gasteiger partial charge in [-0.25, -0.2) is 0 Å². The van der Waals surface area contributed by atoms with Gasteiger partial charge in [0, 0.05) is 37.1 Å². The molecule has 1 saturated heterocycles. The van der Waals surface area contributed by atoms with E-state index < -0.39 is 0 Å². The van der Waals surface area contributed by atoms with Crippen molar-refractivity contribution in [2.45, 2.75) is 19.3 Å². The van der Waals surface area contributed by atoms with E-state index in [0.29, 0.717) is 16.3 Å². The molecule has 7 heteroatoms. The van der Waals surface area contributed by atoms with Crippen molar-refractivity contribution in [2.24, 2.45) is 0 Å². The maximum absolute atomic E-state index is 12.3. The maximum Gasteiger partial charge on any atom is 0.251 e. The molecule has 0 atom stereocenters. The molecular formula is C21H25ClN4O2. The van der Waals surface area contributed by atoms with Crippen molar-refractivity contribution in [1.82, 2.24) is 5.32 Å². The normalized spacial score (nSPS) is 13.7. The van der Waals surface area contributed by atoms with Gasteiger partial charge in [-0.2, -0.15) is 0 Å². The van der Waals surface area contributed by atoms with Gasteiger partial charge in [-0.15, -0.1) is 0 Å². The SMILES string of the molecule is CNC(=O)c1ccc(Cl)c(NCC(=O)Nc2ccc(N3CCCCC3)cc2)c1. The van der Waals surface area contributed by atoms with Crippen LogP contribution in [0.25, 0.3) is 0 Å². The van der Waals surface area contributed by atoms with Gasteiger partial charge in [0.05, 0.1) is 17.3 Å².